The highest BCUT2D eigenvalue weighted by Crippen LogP contribution is 2.35. The minimum atomic E-state index is -0.790. The van der Waals surface area contributed by atoms with E-state index in [0.29, 0.717) is 0 Å². The monoisotopic (exact) mass is 175 g/mol. The largest absolute Gasteiger partial charge is 0.481 e. The number of thioether (sulfide) groups is 1. The van der Waals surface area contributed by atoms with Crippen LogP contribution in [0.3, 0.4) is 0 Å². The number of carbonyl (C=O) groups is 1. The lowest BCUT2D eigenvalue weighted by molar-refractivity contribution is -0.138. The van der Waals surface area contributed by atoms with Crippen molar-refractivity contribution in [1.29, 1.82) is 0 Å². The Hall–Kier alpha value is -0.220. The summed E-state index contributed by atoms with van der Waals surface area (Å²) in [6.07, 6.45) is 0.923. The van der Waals surface area contributed by atoms with Crippen molar-refractivity contribution in [2.45, 2.75) is 30.6 Å². The Labute approximate surface area is 70.3 Å². The van der Waals surface area contributed by atoms with Gasteiger partial charge in [-0.3, -0.25) is 4.79 Å². The summed E-state index contributed by atoms with van der Waals surface area (Å²) in [5.74, 6) is 0.201. The zero-order valence-corrected chi connectivity index (χ0v) is 7.36. The highest BCUT2D eigenvalue weighted by atomic mass is 32.2. The van der Waals surface area contributed by atoms with Crippen LogP contribution >= 0.6 is 11.8 Å². The first kappa shape index (κ1) is 8.87. The molecule has 0 aromatic rings. The van der Waals surface area contributed by atoms with Crippen molar-refractivity contribution in [3.05, 3.63) is 0 Å². The third kappa shape index (κ3) is 1.87. The van der Waals surface area contributed by atoms with Crippen LogP contribution in [0, 0.1) is 0 Å². The van der Waals surface area contributed by atoms with Crippen LogP contribution in [0.2, 0.25) is 0 Å². The average molecular weight is 175 g/mol. The predicted octanol–water partition coefficient (Wildman–Crippen LogP) is 0.684. The van der Waals surface area contributed by atoms with Gasteiger partial charge in [0.25, 0.3) is 0 Å². The van der Waals surface area contributed by atoms with E-state index in [4.69, 9.17) is 10.8 Å². The van der Waals surface area contributed by atoms with Gasteiger partial charge in [0.05, 0.1) is 6.42 Å². The van der Waals surface area contributed by atoms with Crippen LogP contribution in [0.5, 0.6) is 0 Å². The van der Waals surface area contributed by atoms with Crippen LogP contribution < -0.4 is 5.73 Å². The molecule has 64 valence electrons. The molecule has 2 unspecified atom stereocenters. The number of aliphatic carboxylic acids is 1. The molecule has 0 aliphatic carbocycles. The van der Waals surface area contributed by atoms with Crippen molar-refractivity contribution < 1.29 is 9.90 Å². The van der Waals surface area contributed by atoms with Gasteiger partial charge in [-0.2, -0.15) is 11.8 Å². The molecule has 0 spiro atoms. The summed E-state index contributed by atoms with van der Waals surface area (Å²) in [6, 6.07) is 0. The maximum atomic E-state index is 10.4. The van der Waals surface area contributed by atoms with Crippen molar-refractivity contribution in [3.63, 3.8) is 0 Å². The summed E-state index contributed by atoms with van der Waals surface area (Å²) in [6.45, 7) is 2.00. The first-order valence-corrected chi connectivity index (χ1v) is 4.72. The fourth-order valence-electron chi connectivity index (χ4n) is 1.31. The summed E-state index contributed by atoms with van der Waals surface area (Å²) in [4.78, 5) is 10.4. The Kier molecular flexibility index (Phi) is 2.44. The number of rotatable bonds is 2. The molecule has 1 aliphatic heterocycles. The van der Waals surface area contributed by atoms with Gasteiger partial charge in [-0.25, -0.2) is 0 Å². The van der Waals surface area contributed by atoms with Gasteiger partial charge in [-0.05, 0) is 12.2 Å². The van der Waals surface area contributed by atoms with Crippen LogP contribution in [-0.2, 0) is 4.79 Å². The Balaban J connectivity index is 2.58. The molecular formula is C7H13NO2S. The zero-order valence-electron chi connectivity index (χ0n) is 6.54. The molecule has 4 heteroatoms. The van der Waals surface area contributed by atoms with Crippen LogP contribution in [0.1, 0.15) is 19.8 Å². The van der Waals surface area contributed by atoms with Crippen molar-refractivity contribution in [3.8, 4) is 0 Å². The lowest BCUT2D eigenvalue weighted by atomic mass is 9.90. The van der Waals surface area contributed by atoms with E-state index < -0.39 is 11.5 Å². The summed E-state index contributed by atoms with van der Waals surface area (Å²) in [7, 11) is 0. The second kappa shape index (κ2) is 3.03. The fraction of sp³-hybridized carbons (Fsp3) is 0.857. The smallest absolute Gasteiger partial charge is 0.305 e. The molecular weight excluding hydrogens is 162 g/mol. The van der Waals surface area contributed by atoms with Gasteiger partial charge in [0.1, 0.15) is 0 Å². The molecule has 1 rings (SSSR count). The van der Waals surface area contributed by atoms with Gasteiger partial charge < -0.3 is 10.8 Å². The number of carboxylic acids is 1. The van der Waals surface area contributed by atoms with E-state index in [9.17, 15) is 4.79 Å². The zero-order chi connectivity index (χ0) is 8.48. The second-order valence-corrected chi connectivity index (χ2v) is 4.52. The van der Waals surface area contributed by atoms with Crippen LogP contribution in [0.25, 0.3) is 0 Å². The Morgan fingerprint density at radius 2 is 2.55 bits per heavy atom. The van der Waals surface area contributed by atoms with Crippen molar-refractivity contribution in [2.24, 2.45) is 5.73 Å². The lowest BCUT2D eigenvalue weighted by Gasteiger charge is -2.25. The van der Waals surface area contributed by atoms with Gasteiger partial charge in [-0.15, -0.1) is 0 Å². The summed E-state index contributed by atoms with van der Waals surface area (Å²) >= 11 is 1.76. The second-order valence-electron chi connectivity index (χ2n) is 3.07. The fourth-order valence-corrected chi connectivity index (χ4v) is 2.69. The molecule has 11 heavy (non-hydrogen) atoms. The van der Waals surface area contributed by atoms with Gasteiger partial charge in [-0.1, -0.05) is 6.92 Å². The average Bonchev–Trinajstić information content (AvgIpc) is 2.11. The maximum Gasteiger partial charge on any atom is 0.305 e. The van der Waals surface area contributed by atoms with E-state index in [1.54, 1.807) is 11.8 Å². The minimum Gasteiger partial charge on any atom is -0.481 e. The highest BCUT2D eigenvalue weighted by Gasteiger charge is 2.38. The summed E-state index contributed by atoms with van der Waals surface area (Å²) in [5, 5.41) is 8.84. The molecule has 0 amide bonds. The first-order chi connectivity index (χ1) is 5.04. The first-order valence-electron chi connectivity index (χ1n) is 3.67. The number of hydrogen-bond acceptors (Lipinski definition) is 3. The Bertz CT molecular complexity index is 174. The summed E-state index contributed by atoms with van der Waals surface area (Å²) < 4.78 is 0. The molecule has 3 nitrogen and oxygen atoms in total. The molecule has 1 saturated heterocycles. The van der Waals surface area contributed by atoms with Gasteiger partial charge in [0.15, 0.2) is 0 Å². The Morgan fingerprint density at radius 3 is 2.91 bits per heavy atom. The maximum absolute atomic E-state index is 10.4. The van der Waals surface area contributed by atoms with Crippen molar-refractivity contribution in [1.82, 2.24) is 0 Å². The number of nitrogens with two attached hydrogens (primary N) is 1. The van der Waals surface area contributed by atoms with Crippen molar-refractivity contribution >= 4 is 17.7 Å². The molecule has 0 radical (unpaired) electrons. The molecule has 1 aliphatic rings. The topological polar surface area (TPSA) is 63.3 Å². The third-order valence-corrected chi connectivity index (χ3v) is 3.63. The standard InChI is InChI=1S/C7H13NO2S/c1-5-7(8,2-3-11-5)4-6(9)10/h5H,2-4,8H2,1H3,(H,9,10). The minimum absolute atomic E-state index is 0.0984. The summed E-state index contributed by atoms with van der Waals surface area (Å²) in [5.41, 5.74) is 5.44. The highest BCUT2D eigenvalue weighted by molar-refractivity contribution is 8.00. The Morgan fingerprint density at radius 1 is 1.91 bits per heavy atom. The van der Waals surface area contributed by atoms with Gasteiger partial charge in [0, 0.05) is 10.8 Å². The van der Waals surface area contributed by atoms with E-state index >= 15 is 0 Å². The normalized spacial score (nSPS) is 37.5. The molecule has 3 N–H and O–H groups in total. The van der Waals surface area contributed by atoms with Gasteiger partial charge >= 0.3 is 5.97 Å². The molecule has 0 bridgehead atoms. The van der Waals surface area contributed by atoms with E-state index in [1.807, 2.05) is 6.92 Å². The van der Waals surface area contributed by atoms with Crippen LogP contribution in [0.15, 0.2) is 0 Å². The van der Waals surface area contributed by atoms with Crippen LogP contribution in [0.4, 0.5) is 0 Å². The van der Waals surface area contributed by atoms with E-state index in [2.05, 4.69) is 0 Å². The molecule has 0 aromatic carbocycles. The molecule has 0 saturated carbocycles. The predicted molar refractivity (Wildman–Crippen MR) is 45.7 cm³/mol. The van der Waals surface area contributed by atoms with E-state index in [0.717, 1.165) is 12.2 Å². The molecule has 0 aromatic heterocycles. The van der Waals surface area contributed by atoms with Gasteiger partial charge in [0.2, 0.25) is 0 Å². The SMILES string of the molecule is CC1SCCC1(N)CC(=O)O. The molecule has 1 fully saturated rings. The van der Waals surface area contributed by atoms with Crippen LogP contribution in [-0.4, -0.2) is 27.6 Å². The van der Waals surface area contributed by atoms with E-state index in [1.165, 1.54) is 0 Å². The third-order valence-electron chi connectivity index (χ3n) is 2.23. The molecule has 2 atom stereocenters. The van der Waals surface area contributed by atoms with E-state index in [-0.39, 0.29) is 11.7 Å². The quantitative estimate of drug-likeness (QED) is 0.648. The van der Waals surface area contributed by atoms with Crippen molar-refractivity contribution in [2.75, 3.05) is 5.75 Å². The number of hydrogen-bond donors (Lipinski definition) is 2. The number of carboxylic acid groups (broad SMARTS) is 1. The molecule has 1 heterocycles. The lowest BCUT2D eigenvalue weighted by Crippen LogP contribution is -2.46.